The van der Waals surface area contributed by atoms with Crippen molar-refractivity contribution in [3.8, 4) is 0 Å². The highest BCUT2D eigenvalue weighted by Crippen LogP contribution is 2.28. The van der Waals surface area contributed by atoms with Crippen LogP contribution < -0.4 is 5.73 Å². The van der Waals surface area contributed by atoms with Crippen molar-refractivity contribution in [3.63, 3.8) is 0 Å². The first kappa shape index (κ1) is 12.9. The lowest BCUT2D eigenvalue weighted by molar-refractivity contribution is 0.628. The van der Waals surface area contributed by atoms with Gasteiger partial charge in [0.25, 0.3) is 0 Å². The minimum atomic E-state index is -0.322. The Labute approximate surface area is 120 Å². The van der Waals surface area contributed by atoms with Gasteiger partial charge in [-0.3, -0.25) is 0 Å². The fraction of sp³-hybridized carbons (Fsp3) is 0.133. The molecule has 0 saturated carbocycles. The van der Waals surface area contributed by atoms with Gasteiger partial charge in [-0.2, -0.15) is 0 Å². The molecule has 1 heterocycles. The summed E-state index contributed by atoms with van der Waals surface area (Å²) in [6.45, 7) is 2.01. The van der Waals surface area contributed by atoms with Crippen molar-refractivity contribution in [1.82, 2.24) is 9.55 Å². The summed E-state index contributed by atoms with van der Waals surface area (Å²) >= 11 is 6.02. The molecule has 0 amide bonds. The topological polar surface area (TPSA) is 43.8 Å². The number of nitrogens with zero attached hydrogens (tertiary/aromatic N) is 2. The van der Waals surface area contributed by atoms with E-state index in [1.165, 1.54) is 12.1 Å². The molecule has 1 aromatic heterocycles. The van der Waals surface area contributed by atoms with E-state index in [2.05, 4.69) is 4.98 Å². The maximum atomic E-state index is 13.2. The molecule has 1 atom stereocenters. The highest BCUT2D eigenvalue weighted by Gasteiger charge is 2.16. The number of nitrogens with two attached hydrogens (primary N) is 1. The van der Waals surface area contributed by atoms with Gasteiger partial charge in [-0.1, -0.05) is 23.7 Å². The third kappa shape index (κ3) is 2.12. The number of anilines is 1. The van der Waals surface area contributed by atoms with Crippen molar-refractivity contribution in [2.75, 3.05) is 5.73 Å². The molecule has 0 bridgehead atoms. The van der Waals surface area contributed by atoms with E-state index in [-0.39, 0.29) is 11.9 Å². The number of imidazole rings is 1. The van der Waals surface area contributed by atoms with Gasteiger partial charge in [-0.25, -0.2) is 9.37 Å². The first-order valence-corrected chi connectivity index (χ1v) is 6.62. The van der Waals surface area contributed by atoms with Gasteiger partial charge in [0, 0.05) is 11.1 Å². The number of nitrogen functional groups attached to an aromatic ring is 1. The number of benzene rings is 2. The van der Waals surface area contributed by atoms with Crippen molar-refractivity contribution in [3.05, 3.63) is 58.9 Å². The molecule has 20 heavy (non-hydrogen) atoms. The van der Waals surface area contributed by atoms with E-state index in [4.69, 9.17) is 17.3 Å². The minimum Gasteiger partial charge on any atom is -0.369 e. The van der Waals surface area contributed by atoms with Crippen molar-refractivity contribution in [1.29, 1.82) is 0 Å². The number of aromatic nitrogens is 2. The Morgan fingerprint density at radius 2 is 2.05 bits per heavy atom. The Hall–Kier alpha value is -2.07. The van der Waals surface area contributed by atoms with Crippen LogP contribution in [0.5, 0.6) is 0 Å². The van der Waals surface area contributed by atoms with Gasteiger partial charge in [0.05, 0.1) is 17.1 Å². The molecular weight excluding hydrogens is 277 g/mol. The van der Waals surface area contributed by atoms with Crippen LogP contribution in [0.25, 0.3) is 11.0 Å². The lowest BCUT2D eigenvalue weighted by Gasteiger charge is -2.16. The number of hydrogen-bond acceptors (Lipinski definition) is 2. The molecule has 0 spiro atoms. The molecule has 0 aliphatic carbocycles. The zero-order valence-corrected chi connectivity index (χ0v) is 11.6. The Balaban J connectivity index is 2.16. The first-order valence-electron chi connectivity index (χ1n) is 6.24. The van der Waals surface area contributed by atoms with Gasteiger partial charge < -0.3 is 10.3 Å². The monoisotopic (exact) mass is 289 g/mol. The molecule has 3 aromatic rings. The third-order valence-corrected chi connectivity index (χ3v) is 3.63. The van der Waals surface area contributed by atoms with Crippen molar-refractivity contribution in [2.45, 2.75) is 13.0 Å². The second kappa shape index (κ2) is 4.80. The summed E-state index contributed by atoms with van der Waals surface area (Å²) in [7, 11) is 0. The normalized spacial score (nSPS) is 12.8. The highest BCUT2D eigenvalue weighted by atomic mass is 35.5. The average Bonchev–Trinajstić information content (AvgIpc) is 2.73. The van der Waals surface area contributed by atoms with E-state index in [1.807, 2.05) is 35.8 Å². The summed E-state index contributed by atoms with van der Waals surface area (Å²) in [5, 5.41) is 0.670. The van der Waals surface area contributed by atoms with Gasteiger partial charge >= 0.3 is 0 Å². The van der Waals surface area contributed by atoms with Crippen LogP contribution in [0.4, 0.5) is 10.3 Å². The molecule has 0 aliphatic rings. The van der Waals surface area contributed by atoms with E-state index in [9.17, 15) is 4.39 Å². The Kier molecular flexibility index (Phi) is 3.10. The van der Waals surface area contributed by atoms with Crippen LogP contribution >= 0.6 is 11.6 Å². The lowest BCUT2D eigenvalue weighted by Crippen LogP contribution is -2.10. The molecule has 102 valence electrons. The Morgan fingerprint density at radius 3 is 2.80 bits per heavy atom. The summed E-state index contributed by atoms with van der Waals surface area (Å²) in [4.78, 5) is 4.21. The second-order valence-corrected chi connectivity index (χ2v) is 5.14. The van der Waals surface area contributed by atoms with Gasteiger partial charge in [0.1, 0.15) is 5.82 Å². The maximum Gasteiger partial charge on any atom is 0.201 e. The Bertz CT molecular complexity index is 782. The summed E-state index contributed by atoms with van der Waals surface area (Å²) < 4.78 is 15.1. The number of rotatable bonds is 2. The lowest BCUT2D eigenvalue weighted by atomic mass is 10.1. The van der Waals surface area contributed by atoms with Crippen LogP contribution in [-0.2, 0) is 0 Å². The molecule has 0 radical (unpaired) electrons. The predicted molar refractivity (Wildman–Crippen MR) is 79.4 cm³/mol. The fourth-order valence-electron chi connectivity index (χ4n) is 2.41. The Morgan fingerprint density at radius 1 is 1.25 bits per heavy atom. The summed E-state index contributed by atoms with van der Waals surface area (Å²) in [6, 6.07) is 12.0. The summed E-state index contributed by atoms with van der Waals surface area (Å²) in [5.41, 5.74) is 8.35. The van der Waals surface area contributed by atoms with Crippen LogP contribution in [0.2, 0.25) is 5.02 Å². The zero-order valence-electron chi connectivity index (χ0n) is 10.8. The quantitative estimate of drug-likeness (QED) is 0.774. The zero-order chi connectivity index (χ0) is 14.3. The largest absolute Gasteiger partial charge is 0.369 e. The van der Waals surface area contributed by atoms with E-state index < -0.39 is 0 Å². The number of halogens is 2. The first-order chi connectivity index (χ1) is 9.56. The predicted octanol–water partition coefficient (Wildman–Crippen LogP) is 4.02. The third-order valence-electron chi connectivity index (χ3n) is 3.40. The van der Waals surface area contributed by atoms with E-state index in [0.717, 1.165) is 11.1 Å². The molecule has 2 N–H and O–H groups in total. The molecule has 3 rings (SSSR count). The SMILES string of the molecule is CC(c1cccc(Cl)c1)n1c(N)nc2cc(F)ccc21. The minimum absolute atomic E-state index is 0.0378. The smallest absolute Gasteiger partial charge is 0.201 e. The van der Waals surface area contributed by atoms with Crippen LogP contribution in [-0.4, -0.2) is 9.55 Å². The fourth-order valence-corrected chi connectivity index (χ4v) is 2.61. The molecule has 0 aliphatic heterocycles. The highest BCUT2D eigenvalue weighted by molar-refractivity contribution is 6.30. The molecular formula is C15H13ClFN3. The number of hydrogen-bond donors (Lipinski definition) is 1. The number of fused-ring (bicyclic) bond motifs is 1. The van der Waals surface area contributed by atoms with E-state index >= 15 is 0 Å². The van der Waals surface area contributed by atoms with Crippen LogP contribution in [0.3, 0.4) is 0 Å². The van der Waals surface area contributed by atoms with Crippen molar-refractivity contribution >= 4 is 28.6 Å². The van der Waals surface area contributed by atoms with Gasteiger partial charge in [-0.05, 0) is 36.8 Å². The molecule has 1 unspecified atom stereocenters. The van der Waals surface area contributed by atoms with Crippen LogP contribution in [0.15, 0.2) is 42.5 Å². The maximum absolute atomic E-state index is 13.2. The molecule has 2 aromatic carbocycles. The van der Waals surface area contributed by atoms with Crippen molar-refractivity contribution in [2.24, 2.45) is 0 Å². The van der Waals surface area contributed by atoms with E-state index in [1.54, 1.807) is 6.07 Å². The molecule has 0 fully saturated rings. The molecule has 0 saturated heterocycles. The summed E-state index contributed by atoms with van der Waals surface area (Å²) in [6.07, 6.45) is 0. The molecule has 3 nitrogen and oxygen atoms in total. The molecule has 5 heteroatoms. The summed E-state index contributed by atoms with van der Waals surface area (Å²) in [5.74, 6) is 0.0376. The standard InChI is InChI=1S/C15H13ClFN3/c1-9(10-3-2-4-11(16)7-10)20-14-6-5-12(17)8-13(14)19-15(20)18/h2-9H,1H3,(H2,18,19). The van der Waals surface area contributed by atoms with Gasteiger partial charge in [0.15, 0.2) is 0 Å². The van der Waals surface area contributed by atoms with Crippen LogP contribution in [0, 0.1) is 5.82 Å². The average molecular weight is 290 g/mol. The van der Waals surface area contributed by atoms with E-state index in [0.29, 0.717) is 16.5 Å². The van der Waals surface area contributed by atoms with Gasteiger partial charge in [-0.15, -0.1) is 0 Å². The van der Waals surface area contributed by atoms with Gasteiger partial charge in [0.2, 0.25) is 5.95 Å². The second-order valence-electron chi connectivity index (χ2n) is 4.70. The van der Waals surface area contributed by atoms with Crippen LogP contribution in [0.1, 0.15) is 18.5 Å². The van der Waals surface area contributed by atoms with Crippen molar-refractivity contribution < 1.29 is 4.39 Å².